The van der Waals surface area contributed by atoms with Crippen LogP contribution in [0.5, 0.6) is 11.5 Å². The molecule has 4 rings (SSSR count). The minimum Gasteiger partial charge on any atom is -0.454 e. The molecule has 2 aromatic heterocycles. The molecule has 160 valence electrons. The summed E-state index contributed by atoms with van der Waals surface area (Å²) in [6.45, 7) is 3.24. The lowest BCUT2D eigenvalue weighted by atomic mass is 9.96. The van der Waals surface area contributed by atoms with Crippen LogP contribution in [0.3, 0.4) is 0 Å². The van der Waals surface area contributed by atoms with Crippen LogP contribution in [0.1, 0.15) is 32.1 Å². The number of benzene rings is 1. The maximum Gasteiger partial charge on any atom is 0.265 e. The highest BCUT2D eigenvalue weighted by Gasteiger charge is 2.29. The Morgan fingerprint density at radius 1 is 1.39 bits per heavy atom. The van der Waals surface area contributed by atoms with Crippen molar-refractivity contribution >= 4 is 44.6 Å². The first-order valence-electron chi connectivity index (χ1n) is 8.80. The highest BCUT2D eigenvalue weighted by atomic mass is 35.5. The first kappa shape index (κ1) is 21.2. The third kappa shape index (κ3) is 3.74. The Bertz CT molecular complexity index is 1350. The van der Waals surface area contributed by atoms with Crippen molar-refractivity contribution in [3.8, 4) is 17.6 Å². The van der Waals surface area contributed by atoms with E-state index in [1.807, 2.05) is 0 Å². The van der Waals surface area contributed by atoms with Crippen LogP contribution in [0.25, 0.3) is 0 Å². The van der Waals surface area contributed by atoms with Crippen molar-refractivity contribution in [3.05, 3.63) is 49.8 Å². The van der Waals surface area contributed by atoms with Gasteiger partial charge >= 0.3 is 0 Å². The Morgan fingerprint density at radius 3 is 2.84 bits per heavy atom. The molecule has 0 atom stereocenters. The zero-order valence-electron chi connectivity index (χ0n) is 16.2. The van der Waals surface area contributed by atoms with Gasteiger partial charge in [0.25, 0.3) is 15.9 Å². The quantitative estimate of drug-likeness (QED) is 0.527. The number of fused-ring (bicyclic) bond motifs is 1. The number of sulfonamides is 1. The van der Waals surface area contributed by atoms with E-state index in [4.69, 9.17) is 25.6 Å². The van der Waals surface area contributed by atoms with Crippen LogP contribution in [0, 0.1) is 25.2 Å². The average Bonchev–Trinajstić information content (AvgIpc) is 3.47. The Kier molecular flexibility index (Phi) is 5.38. The largest absolute Gasteiger partial charge is 0.454 e. The van der Waals surface area contributed by atoms with Crippen molar-refractivity contribution < 1.29 is 27.2 Å². The second-order valence-electron chi connectivity index (χ2n) is 6.60. The number of nitriles is 1. The molecule has 1 aliphatic heterocycles. The fourth-order valence-electron chi connectivity index (χ4n) is 3.09. The molecular weight excluding hydrogens is 466 g/mol. The summed E-state index contributed by atoms with van der Waals surface area (Å²) in [7, 11) is -4.17. The highest BCUT2D eigenvalue weighted by Crippen LogP contribution is 2.40. The summed E-state index contributed by atoms with van der Waals surface area (Å²) in [5, 5.41) is 14.5. The van der Waals surface area contributed by atoms with Crippen LogP contribution >= 0.6 is 22.9 Å². The molecule has 0 bridgehead atoms. The van der Waals surface area contributed by atoms with E-state index >= 15 is 0 Å². The van der Waals surface area contributed by atoms with E-state index in [-0.39, 0.29) is 33.9 Å². The molecule has 0 unspecified atom stereocenters. The number of halogens is 1. The van der Waals surface area contributed by atoms with Crippen molar-refractivity contribution in [2.24, 2.45) is 0 Å². The monoisotopic (exact) mass is 479 g/mol. The van der Waals surface area contributed by atoms with Gasteiger partial charge in [-0.3, -0.25) is 4.79 Å². The number of carbonyl (C=O) groups is 1. The van der Waals surface area contributed by atoms with Crippen LogP contribution in [-0.2, 0) is 16.4 Å². The standard InChI is InChI=1S/C19H14ClN3O6S2/c1-9-11(7-21)5-14-17(28-8-27-14)12(9)6-13(24)18-15(3-4-30-18)31(25,26)23-19-16(20)10(2)22-29-19/h3-5,23H,6,8H2,1-2H3. The van der Waals surface area contributed by atoms with Crippen molar-refractivity contribution in [2.75, 3.05) is 11.5 Å². The van der Waals surface area contributed by atoms with Gasteiger partial charge in [-0.2, -0.15) is 5.26 Å². The van der Waals surface area contributed by atoms with Crippen LogP contribution in [0.4, 0.5) is 5.88 Å². The van der Waals surface area contributed by atoms with Crippen molar-refractivity contribution in [1.29, 1.82) is 5.26 Å². The van der Waals surface area contributed by atoms with Crippen LogP contribution < -0.4 is 14.2 Å². The molecule has 0 radical (unpaired) electrons. The molecule has 0 aliphatic carbocycles. The minimum atomic E-state index is -4.17. The molecular formula is C19H14ClN3O6S2. The lowest BCUT2D eigenvalue weighted by Crippen LogP contribution is -2.16. The van der Waals surface area contributed by atoms with E-state index in [1.165, 1.54) is 11.4 Å². The summed E-state index contributed by atoms with van der Waals surface area (Å²) in [6.07, 6.45) is -0.168. The van der Waals surface area contributed by atoms with Gasteiger partial charge in [-0.15, -0.1) is 11.3 Å². The van der Waals surface area contributed by atoms with Gasteiger partial charge < -0.3 is 14.0 Å². The number of aromatic nitrogens is 1. The molecule has 3 heterocycles. The number of Topliss-reactive ketones (excluding diaryl/α,β-unsaturated/α-hetero) is 1. The van der Waals surface area contributed by atoms with Crippen molar-refractivity contribution in [3.63, 3.8) is 0 Å². The number of hydrogen-bond acceptors (Lipinski definition) is 9. The molecule has 0 spiro atoms. The molecule has 1 aromatic carbocycles. The SMILES string of the molecule is Cc1noc(NS(=O)(=O)c2ccsc2C(=O)Cc2c(C)c(C#N)cc3c2OCO3)c1Cl. The van der Waals surface area contributed by atoms with Gasteiger partial charge in [-0.25, -0.2) is 13.1 Å². The van der Waals surface area contributed by atoms with Crippen LogP contribution in [-0.4, -0.2) is 26.2 Å². The predicted molar refractivity (Wildman–Crippen MR) is 111 cm³/mol. The lowest BCUT2D eigenvalue weighted by Gasteiger charge is -2.11. The number of aryl methyl sites for hydroxylation is 1. The van der Waals surface area contributed by atoms with Gasteiger partial charge in [0.2, 0.25) is 6.79 Å². The predicted octanol–water partition coefficient (Wildman–Crippen LogP) is 3.83. The number of hydrogen-bond donors (Lipinski definition) is 1. The lowest BCUT2D eigenvalue weighted by molar-refractivity contribution is 0.0992. The Balaban J connectivity index is 1.67. The van der Waals surface area contributed by atoms with Gasteiger partial charge in [-0.1, -0.05) is 16.8 Å². The molecule has 0 amide bonds. The molecule has 0 saturated carbocycles. The molecule has 31 heavy (non-hydrogen) atoms. The second-order valence-corrected chi connectivity index (χ2v) is 9.55. The van der Waals surface area contributed by atoms with E-state index in [9.17, 15) is 18.5 Å². The number of carbonyl (C=O) groups excluding carboxylic acids is 1. The maximum atomic E-state index is 13.1. The van der Waals surface area contributed by atoms with Crippen LogP contribution in [0.15, 0.2) is 26.9 Å². The van der Waals surface area contributed by atoms with E-state index < -0.39 is 15.8 Å². The minimum absolute atomic E-state index is 0.0225. The number of ether oxygens (including phenoxy) is 2. The molecule has 3 aromatic rings. The summed E-state index contributed by atoms with van der Waals surface area (Å²) in [5.41, 5.74) is 1.73. The fraction of sp³-hybridized carbons (Fsp3) is 0.211. The third-order valence-electron chi connectivity index (χ3n) is 4.70. The Labute approximate surface area is 186 Å². The Morgan fingerprint density at radius 2 is 2.16 bits per heavy atom. The molecule has 0 fully saturated rings. The van der Waals surface area contributed by atoms with E-state index in [2.05, 4.69) is 15.9 Å². The highest BCUT2D eigenvalue weighted by molar-refractivity contribution is 7.93. The summed E-state index contributed by atoms with van der Waals surface area (Å²) >= 11 is 6.97. The first-order valence-corrected chi connectivity index (χ1v) is 11.5. The second kappa shape index (κ2) is 7.88. The zero-order chi connectivity index (χ0) is 22.3. The number of nitrogens with zero attached hydrogens (tertiary/aromatic N) is 2. The van der Waals surface area contributed by atoms with Gasteiger partial charge in [0.05, 0.1) is 16.5 Å². The van der Waals surface area contributed by atoms with Gasteiger partial charge in [0.15, 0.2) is 17.3 Å². The fourth-order valence-corrected chi connectivity index (χ4v) is 5.64. The number of nitrogens with one attached hydrogen (secondary N) is 1. The summed E-state index contributed by atoms with van der Waals surface area (Å²) in [6, 6.07) is 4.94. The van der Waals surface area contributed by atoms with E-state index in [0.717, 1.165) is 11.3 Å². The van der Waals surface area contributed by atoms with Crippen molar-refractivity contribution in [2.45, 2.75) is 25.2 Å². The summed E-state index contributed by atoms with van der Waals surface area (Å²) in [5.74, 6) is 0.0737. The molecule has 12 heteroatoms. The summed E-state index contributed by atoms with van der Waals surface area (Å²) < 4.78 is 43.7. The summed E-state index contributed by atoms with van der Waals surface area (Å²) in [4.78, 5) is 12.9. The molecule has 9 nitrogen and oxygen atoms in total. The molecule has 1 aliphatic rings. The van der Waals surface area contributed by atoms with Gasteiger partial charge in [-0.05, 0) is 30.9 Å². The van der Waals surface area contributed by atoms with Crippen LogP contribution in [0.2, 0.25) is 5.02 Å². The first-order chi connectivity index (χ1) is 14.7. The average molecular weight is 480 g/mol. The number of anilines is 1. The third-order valence-corrected chi connectivity index (χ3v) is 7.60. The van der Waals surface area contributed by atoms with E-state index in [1.54, 1.807) is 19.9 Å². The van der Waals surface area contributed by atoms with Crippen molar-refractivity contribution in [1.82, 2.24) is 5.16 Å². The topological polar surface area (TPSA) is 132 Å². The number of ketones is 1. The van der Waals surface area contributed by atoms with Gasteiger partial charge in [0, 0.05) is 18.1 Å². The Hall–Kier alpha value is -3.07. The van der Waals surface area contributed by atoms with Gasteiger partial charge in [0.1, 0.15) is 15.6 Å². The maximum absolute atomic E-state index is 13.1. The smallest absolute Gasteiger partial charge is 0.265 e. The number of rotatable bonds is 6. The zero-order valence-corrected chi connectivity index (χ0v) is 18.6. The normalized spacial score (nSPS) is 12.6. The van der Waals surface area contributed by atoms with E-state index in [0.29, 0.717) is 33.9 Å². The number of thiophene rings is 1. The molecule has 0 saturated heterocycles. The molecule has 1 N–H and O–H groups in total.